The molecule has 0 aromatic heterocycles. The fourth-order valence-electron chi connectivity index (χ4n) is 1.06. The third-order valence-electron chi connectivity index (χ3n) is 1.64. The first-order chi connectivity index (χ1) is 5.27. The first-order valence-electron chi connectivity index (χ1n) is 4.03. The van der Waals surface area contributed by atoms with Crippen molar-refractivity contribution in [2.45, 2.75) is 38.5 Å². The minimum atomic E-state index is -0.718. The quantitative estimate of drug-likeness (QED) is 0.278. The van der Waals surface area contributed by atoms with Gasteiger partial charge in [-0.25, -0.2) is 10.6 Å². The maximum atomic E-state index is 9.35. The molecule has 1 fully saturated rings. The third kappa shape index (κ3) is 9.23. The molecular weight excluding hydrogens is 142 g/mol. The van der Waals surface area contributed by atoms with E-state index in [0.29, 0.717) is 0 Å². The summed E-state index contributed by atoms with van der Waals surface area (Å²) in [6, 6.07) is -0.718. The third-order valence-corrected chi connectivity index (χ3v) is 1.64. The number of primary amides is 1. The minimum Gasteiger partial charge on any atom is -0.351 e. The molecule has 0 saturated heterocycles. The topological polar surface area (TPSA) is 81.1 Å². The summed E-state index contributed by atoms with van der Waals surface area (Å²) in [4.78, 5) is 9.35. The SMILES string of the molecule is C1CCCCC1.NNC(N)=O. The molecule has 0 atom stereocenters. The number of nitrogens with one attached hydrogen (secondary N) is 1. The summed E-state index contributed by atoms with van der Waals surface area (Å²) >= 11 is 0. The van der Waals surface area contributed by atoms with Crippen LogP contribution < -0.4 is 17.0 Å². The Kier molecular flexibility index (Phi) is 6.82. The highest BCUT2D eigenvalue weighted by Crippen LogP contribution is 2.15. The molecule has 1 saturated carbocycles. The van der Waals surface area contributed by atoms with E-state index in [9.17, 15) is 4.79 Å². The van der Waals surface area contributed by atoms with E-state index >= 15 is 0 Å². The first kappa shape index (κ1) is 10.2. The standard InChI is InChI=1S/C6H12.CH5N3O/c1-2-4-6-5-3-1;2-1(5)4-3/h1-6H2;3H2,(H3,2,4,5). The van der Waals surface area contributed by atoms with Gasteiger partial charge in [0.1, 0.15) is 0 Å². The van der Waals surface area contributed by atoms with Gasteiger partial charge in [0, 0.05) is 0 Å². The Hall–Kier alpha value is -0.770. The zero-order chi connectivity index (χ0) is 8.53. The Balaban J connectivity index is 0.000000187. The van der Waals surface area contributed by atoms with Crippen LogP contribution in [0.5, 0.6) is 0 Å². The molecule has 2 amide bonds. The molecule has 1 aliphatic carbocycles. The van der Waals surface area contributed by atoms with Crippen LogP contribution in [-0.4, -0.2) is 6.03 Å². The lowest BCUT2D eigenvalue weighted by Crippen LogP contribution is -2.34. The van der Waals surface area contributed by atoms with Crippen LogP contribution in [0.4, 0.5) is 4.79 Å². The van der Waals surface area contributed by atoms with Crippen LogP contribution in [0.1, 0.15) is 38.5 Å². The lowest BCUT2D eigenvalue weighted by Gasteiger charge is -2.05. The maximum absolute atomic E-state index is 9.35. The second kappa shape index (κ2) is 7.34. The lowest BCUT2D eigenvalue weighted by atomic mass is 10.0. The Morgan fingerprint density at radius 3 is 1.27 bits per heavy atom. The van der Waals surface area contributed by atoms with Gasteiger partial charge in [0.05, 0.1) is 0 Å². The van der Waals surface area contributed by atoms with E-state index in [1.54, 1.807) is 5.43 Å². The van der Waals surface area contributed by atoms with Gasteiger partial charge in [-0.1, -0.05) is 38.5 Å². The van der Waals surface area contributed by atoms with E-state index in [2.05, 4.69) is 11.6 Å². The predicted molar refractivity (Wildman–Crippen MR) is 44.6 cm³/mol. The minimum absolute atomic E-state index is 0.718. The molecule has 66 valence electrons. The second-order valence-electron chi connectivity index (χ2n) is 2.63. The van der Waals surface area contributed by atoms with Gasteiger partial charge in [-0.15, -0.1) is 0 Å². The molecule has 0 radical (unpaired) electrons. The molecule has 4 nitrogen and oxygen atoms in total. The lowest BCUT2D eigenvalue weighted by molar-refractivity contribution is 0.249. The molecule has 1 aliphatic rings. The van der Waals surface area contributed by atoms with Crippen molar-refractivity contribution in [2.75, 3.05) is 0 Å². The zero-order valence-corrected chi connectivity index (χ0v) is 6.81. The summed E-state index contributed by atoms with van der Waals surface area (Å²) in [7, 11) is 0. The number of hydrazine groups is 1. The average Bonchev–Trinajstić information content (AvgIpc) is 2.09. The Morgan fingerprint density at radius 1 is 1.00 bits per heavy atom. The second-order valence-corrected chi connectivity index (χ2v) is 2.63. The molecule has 5 N–H and O–H groups in total. The first-order valence-corrected chi connectivity index (χ1v) is 4.03. The van der Waals surface area contributed by atoms with Crippen molar-refractivity contribution in [1.82, 2.24) is 5.43 Å². The highest BCUT2D eigenvalue weighted by molar-refractivity contribution is 5.70. The van der Waals surface area contributed by atoms with Crippen LogP contribution in [0.2, 0.25) is 0 Å². The highest BCUT2D eigenvalue weighted by Gasteiger charge is 1.95. The number of hydrogen-bond donors (Lipinski definition) is 3. The van der Waals surface area contributed by atoms with Crippen LogP contribution in [0.25, 0.3) is 0 Å². The van der Waals surface area contributed by atoms with Crippen molar-refractivity contribution in [1.29, 1.82) is 0 Å². The van der Waals surface area contributed by atoms with Gasteiger partial charge in [-0.05, 0) is 0 Å². The molecule has 0 aliphatic heterocycles. The van der Waals surface area contributed by atoms with Crippen LogP contribution in [0.15, 0.2) is 0 Å². The summed E-state index contributed by atoms with van der Waals surface area (Å²) in [5, 5.41) is 0. The Labute approximate surface area is 67.3 Å². The number of carbonyl (C=O) groups is 1. The van der Waals surface area contributed by atoms with E-state index in [4.69, 9.17) is 0 Å². The fraction of sp³-hybridized carbons (Fsp3) is 0.857. The van der Waals surface area contributed by atoms with E-state index in [1.807, 2.05) is 0 Å². The molecule has 1 rings (SSSR count). The van der Waals surface area contributed by atoms with Gasteiger partial charge in [0.2, 0.25) is 0 Å². The number of hydrogen-bond acceptors (Lipinski definition) is 2. The van der Waals surface area contributed by atoms with Crippen molar-refractivity contribution in [2.24, 2.45) is 11.6 Å². The van der Waals surface area contributed by atoms with Crippen molar-refractivity contribution in [3.05, 3.63) is 0 Å². The largest absolute Gasteiger partial charge is 0.351 e. The Morgan fingerprint density at radius 2 is 1.18 bits per heavy atom. The van der Waals surface area contributed by atoms with E-state index in [0.717, 1.165) is 0 Å². The van der Waals surface area contributed by atoms with Gasteiger partial charge in [-0.2, -0.15) is 0 Å². The summed E-state index contributed by atoms with van der Waals surface area (Å²) in [5.74, 6) is 4.45. The number of rotatable bonds is 0. The molecule has 0 spiro atoms. The Bertz CT molecular complexity index is 90.3. The van der Waals surface area contributed by atoms with Crippen LogP contribution in [0.3, 0.4) is 0 Å². The summed E-state index contributed by atoms with van der Waals surface area (Å²) in [5.41, 5.74) is 6.08. The summed E-state index contributed by atoms with van der Waals surface area (Å²) < 4.78 is 0. The maximum Gasteiger partial charge on any atom is 0.326 e. The van der Waals surface area contributed by atoms with Gasteiger partial charge in [0.25, 0.3) is 0 Å². The normalized spacial score (nSPS) is 16.1. The zero-order valence-electron chi connectivity index (χ0n) is 6.81. The average molecular weight is 159 g/mol. The van der Waals surface area contributed by atoms with Gasteiger partial charge < -0.3 is 5.73 Å². The molecule has 0 aromatic carbocycles. The van der Waals surface area contributed by atoms with Gasteiger partial charge >= 0.3 is 6.03 Å². The molecule has 4 heteroatoms. The van der Waals surface area contributed by atoms with Crippen molar-refractivity contribution < 1.29 is 4.79 Å². The van der Waals surface area contributed by atoms with E-state index in [-0.39, 0.29) is 0 Å². The summed E-state index contributed by atoms with van der Waals surface area (Å²) in [6.07, 6.45) is 9.00. The number of carbonyl (C=O) groups excluding carboxylic acids is 1. The van der Waals surface area contributed by atoms with Crippen LogP contribution in [0, 0.1) is 0 Å². The van der Waals surface area contributed by atoms with Crippen molar-refractivity contribution in [3.8, 4) is 0 Å². The van der Waals surface area contributed by atoms with Crippen LogP contribution in [-0.2, 0) is 0 Å². The molecule has 11 heavy (non-hydrogen) atoms. The molecule has 0 unspecified atom stereocenters. The van der Waals surface area contributed by atoms with E-state index < -0.39 is 6.03 Å². The molecule has 0 heterocycles. The highest BCUT2D eigenvalue weighted by atomic mass is 16.2. The molecule has 0 aromatic rings. The number of amides is 2. The summed E-state index contributed by atoms with van der Waals surface area (Å²) in [6.45, 7) is 0. The fourth-order valence-corrected chi connectivity index (χ4v) is 1.06. The monoisotopic (exact) mass is 159 g/mol. The number of nitrogens with two attached hydrogens (primary N) is 2. The van der Waals surface area contributed by atoms with Crippen LogP contribution >= 0.6 is 0 Å². The van der Waals surface area contributed by atoms with Gasteiger partial charge in [0.15, 0.2) is 0 Å². The predicted octanol–water partition coefficient (Wildman–Crippen LogP) is 0.869. The van der Waals surface area contributed by atoms with E-state index in [1.165, 1.54) is 38.5 Å². The van der Waals surface area contributed by atoms with Crippen molar-refractivity contribution in [3.63, 3.8) is 0 Å². The van der Waals surface area contributed by atoms with Gasteiger partial charge in [-0.3, -0.25) is 5.43 Å². The smallest absolute Gasteiger partial charge is 0.326 e. The molecule has 0 bridgehead atoms. The number of urea groups is 1. The molecular formula is C7H17N3O. The van der Waals surface area contributed by atoms with Crippen molar-refractivity contribution >= 4 is 6.03 Å².